The van der Waals surface area contributed by atoms with Gasteiger partial charge < -0.3 is 10.6 Å². The first-order chi connectivity index (χ1) is 10.3. The van der Waals surface area contributed by atoms with Crippen LogP contribution in [0.15, 0.2) is 34.7 Å². The molecular weight excluding hydrogens is 304 g/mol. The van der Waals surface area contributed by atoms with E-state index in [0.717, 1.165) is 23.1 Å². The number of carbonyl (C=O) groups is 1. The molecule has 0 aliphatic rings. The fourth-order valence-electron chi connectivity index (χ4n) is 1.65. The Kier molecular flexibility index (Phi) is 6.65. The van der Waals surface area contributed by atoms with Crippen molar-refractivity contribution in [1.29, 1.82) is 0 Å². The molecular formula is C14H18N4OS2. The van der Waals surface area contributed by atoms with Crippen molar-refractivity contribution in [2.45, 2.75) is 22.9 Å². The number of thioether (sulfide) groups is 1. The Bertz CT molecular complexity index is 559. The van der Waals surface area contributed by atoms with Crippen LogP contribution in [0, 0.1) is 0 Å². The van der Waals surface area contributed by atoms with Crippen LogP contribution in [0.4, 0.5) is 5.13 Å². The Balaban J connectivity index is 1.77. The highest BCUT2D eigenvalue weighted by molar-refractivity contribution is 8.00. The molecule has 0 saturated heterocycles. The summed E-state index contributed by atoms with van der Waals surface area (Å²) in [5, 5.41) is 14.5. The van der Waals surface area contributed by atoms with Gasteiger partial charge in [-0.15, -0.1) is 10.2 Å². The molecule has 1 aromatic carbocycles. The largest absolute Gasteiger partial charge is 0.320 e. The summed E-state index contributed by atoms with van der Waals surface area (Å²) >= 11 is 3.04. The maximum absolute atomic E-state index is 11.7. The van der Waals surface area contributed by atoms with Crippen molar-refractivity contribution in [3.05, 3.63) is 35.9 Å². The molecule has 5 nitrogen and oxygen atoms in total. The average molecular weight is 322 g/mol. The van der Waals surface area contributed by atoms with Crippen molar-refractivity contribution in [1.82, 2.24) is 15.5 Å². The fraction of sp³-hybridized carbons (Fsp3) is 0.357. The van der Waals surface area contributed by atoms with E-state index in [1.54, 1.807) is 11.8 Å². The maximum atomic E-state index is 11.7. The molecule has 112 valence electrons. The summed E-state index contributed by atoms with van der Waals surface area (Å²) in [5.41, 5.74) is 1.25. The highest BCUT2D eigenvalue weighted by atomic mass is 32.2. The minimum atomic E-state index is -0.0130. The molecule has 1 heterocycles. The lowest BCUT2D eigenvalue weighted by Crippen LogP contribution is -2.15. The zero-order chi connectivity index (χ0) is 14.9. The third-order valence-corrected chi connectivity index (χ3v) is 4.73. The van der Waals surface area contributed by atoms with E-state index in [1.165, 1.54) is 16.9 Å². The summed E-state index contributed by atoms with van der Waals surface area (Å²) in [7, 11) is 1.87. The summed E-state index contributed by atoms with van der Waals surface area (Å²) < 4.78 is 0.865. The third kappa shape index (κ3) is 5.82. The SMILES string of the molecule is CNCCCC(=O)Nc1nnc(SCc2ccccc2)s1. The zero-order valence-electron chi connectivity index (χ0n) is 11.8. The highest BCUT2D eigenvalue weighted by Crippen LogP contribution is 2.28. The van der Waals surface area contributed by atoms with E-state index in [4.69, 9.17) is 0 Å². The summed E-state index contributed by atoms with van der Waals surface area (Å²) in [5.74, 6) is 0.840. The Labute approximate surface area is 132 Å². The molecule has 1 aromatic heterocycles. The van der Waals surface area contributed by atoms with Crippen LogP contribution in [0.5, 0.6) is 0 Å². The van der Waals surface area contributed by atoms with Gasteiger partial charge in [-0.1, -0.05) is 53.4 Å². The molecule has 0 fully saturated rings. The first kappa shape index (κ1) is 15.9. The van der Waals surface area contributed by atoms with E-state index < -0.39 is 0 Å². The Morgan fingerprint density at radius 3 is 2.86 bits per heavy atom. The second kappa shape index (κ2) is 8.76. The first-order valence-electron chi connectivity index (χ1n) is 6.72. The number of hydrogen-bond acceptors (Lipinski definition) is 6. The van der Waals surface area contributed by atoms with E-state index in [-0.39, 0.29) is 5.91 Å². The van der Waals surface area contributed by atoms with Gasteiger partial charge in [-0.3, -0.25) is 4.79 Å². The number of carbonyl (C=O) groups excluding carboxylic acids is 1. The van der Waals surface area contributed by atoms with E-state index in [0.29, 0.717) is 11.6 Å². The molecule has 0 bridgehead atoms. The number of benzene rings is 1. The molecule has 0 aliphatic heterocycles. The molecule has 7 heteroatoms. The predicted octanol–water partition coefficient (Wildman–Crippen LogP) is 2.77. The van der Waals surface area contributed by atoms with Gasteiger partial charge in [0.2, 0.25) is 11.0 Å². The van der Waals surface area contributed by atoms with Gasteiger partial charge in [0.1, 0.15) is 0 Å². The summed E-state index contributed by atoms with van der Waals surface area (Å²) in [4.78, 5) is 11.7. The lowest BCUT2D eigenvalue weighted by molar-refractivity contribution is -0.116. The van der Waals surface area contributed by atoms with Crippen LogP contribution in [0.3, 0.4) is 0 Å². The lowest BCUT2D eigenvalue weighted by Gasteiger charge is -2.00. The van der Waals surface area contributed by atoms with Crippen molar-refractivity contribution in [2.24, 2.45) is 0 Å². The van der Waals surface area contributed by atoms with Crippen LogP contribution in [0.25, 0.3) is 0 Å². The second-order valence-electron chi connectivity index (χ2n) is 4.40. The highest BCUT2D eigenvalue weighted by Gasteiger charge is 2.08. The predicted molar refractivity (Wildman–Crippen MR) is 87.7 cm³/mol. The zero-order valence-corrected chi connectivity index (χ0v) is 13.5. The van der Waals surface area contributed by atoms with E-state index in [1.807, 2.05) is 25.2 Å². The van der Waals surface area contributed by atoms with Gasteiger partial charge in [-0.2, -0.15) is 0 Å². The molecule has 0 aliphatic carbocycles. The van der Waals surface area contributed by atoms with Gasteiger partial charge in [0.15, 0.2) is 4.34 Å². The third-order valence-electron chi connectivity index (χ3n) is 2.69. The van der Waals surface area contributed by atoms with E-state index >= 15 is 0 Å². The van der Waals surface area contributed by atoms with Gasteiger partial charge in [0.25, 0.3) is 0 Å². The number of anilines is 1. The van der Waals surface area contributed by atoms with Gasteiger partial charge in [-0.25, -0.2) is 0 Å². The number of rotatable bonds is 8. The average Bonchev–Trinajstić information content (AvgIpc) is 2.94. The molecule has 2 rings (SSSR count). The summed E-state index contributed by atoms with van der Waals surface area (Å²) in [6.07, 6.45) is 1.31. The fourth-order valence-corrected chi connectivity index (χ4v) is 3.37. The number of aromatic nitrogens is 2. The Morgan fingerprint density at radius 2 is 2.10 bits per heavy atom. The summed E-state index contributed by atoms with van der Waals surface area (Å²) in [6, 6.07) is 10.2. The van der Waals surface area contributed by atoms with Gasteiger partial charge in [0.05, 0.1) is 0 Å². The van der Waals surface area contributed by atoms with Gasteiger partial charge in [0, 0.05) is 12.2 Å². The van der Waals surface area contributed by atoms with Crippen molar-refractivity contribution in [2.75, 3.05) is 18.9 Å². The number of hydrogen-bond donors (Lipinski definition) is 2. The molecule has 0 radical (unpaired) electrons. The summed E-state index contributed by atoms with van der Waals surface area (Å²) in [6.45, 7) is 0.835. The normalized spacial score (nSPS) is 10.5. The van der Waals surface area contributed by atoms with Crippen LogP contribution in [-0.4, -0.2) is 29.7 Å². The first-order valence-corrected chi connectivity index (χ1v) is 8.53. The molecule has 0 unspecified atom stereocenters. The van der Waals surface area contributed by atoms with Crippen molar-refractivity contribution in [3.63, 3.8) is 0 Å². The van der Waals surface area contributed by atoms with Gasteiger partial charge in [-0.05, 0) is 25.6 Å². The smallest absolute Gasteiger partial charge is 0.226 e. The topological polar surface area (TPSA) is 66.9 Å². The molecule has 2 N–H and O–H groups in total. The molecule has 1 amide bonds. The monoisotopic (exact) mass is 322 g/mol. The number of amides is 1. The van der Waals surface area contributed by atoms with Crippen molar-refractivity contribution >= 4 is 34.1 Å². The molecule has 0 saturated carbocycles. The maximum Gasteiger partial charge on any atom is 0.226 e. The van der Waals surface area contributed by atoms with E-state index in [9.17, 15) is 4.79 Å². The Morgan fingerprint density at radius 1 is 1.29 bits per heavy atom. The minimum Gasteiger partial charge on any atom is -0.320 e. The van der Waals surface area contributed by atoms with E-state index in [2.05, 4.69) is 33.0 Å². The molecule has 2 aromatic rings. The molecule has 0 atom stereocenters. The van der Waals surface area contributed by atoms with Gasteiger partial charge >= 0.3 is 0 Å². The van der Waals surface area contributed by atoms with Crippen LogP contribution in [0.2, 0.25) is 0 Å². The molecule has 21 heavy (non-hydrogen) atoms. The van der Waals surface area contributed by atoms with Crippen molar-refractivity contribution < 1.29 is 4.79 Å². The molecule has 0 spiro atoms. The number of nitrogens with one attached hydrogen (secondary N) is 2. The second-order valence-corrected chi connectivity index (χ2v) is 6.60. The van der Waals surface area contributed by atoms with Crippen LogP contribution >= 0.6 is 23.1 Å². The minimum absolute atomic E-state index is 0.0130. The van der Waals surface area contributed by atoms with Crippen LogP contribution < -0.4 is 10.6 Å². The number of nitrogens with zero attached hydrogens (tertiary/aromatic N) is 2. The van der Waals surface area contributed by atoms with Crippen molar-refractivity contribution in [3.8, 4) is 0 Å². The standard InChI is InChI=1S/C14H18N4OS2/c1-15-9-5-8-12(19)16-13-17-18-14(21-13)20-10-11-6-3-2-4-7-11/h2-4,6-7,15H,5,8-10H2,1H3,(H,16,17,19). The quantitative estimate of drug-likeness (QED) is 0.444. The Hall–Kier alpha value is -1.44. The lowest BCUT2D eigenvalue weighted by atomic mass is 10.2. The van der Waals surface area contributed by atoms with Crippen LogP contribution in [0.1, 0.15) is 18.4 Å². The van der Waals surface area contributed by atoms with Crippen LogP contribution in [-0.2, 0) is 10.5 Å².